The Balaban J connectivity index is -0.00000108. The Bertz CT molecular complexity index is 1240. The number of aliphatic carboxylic acids is 6. The van der Waals surface area contributed by atoms with Crippen molar-refractivity contribution >= 4 is 47.6 Å². The average Bonchev–Trinajstić information content (AvgIpc) is 2.99. The molecule has 0 atom stereocenters. The van der Waals surface area contributed by atoms with E-state index < -0.39 is 155 Å². The SMILES string of the molecule is O=C([O-])CCOC(NC(=O)c1cc([O-])cc(C(=O)NC(OCCC(=O)[O-])(OCCC(=O)[O-])OCCC(=O)O)c1)(OCCC(=O)[O-])OCCC(=O)[O-].[Li+].[Li+].[Li+].[Li+].[Li+].[Li+]. The topological polar surface area (TPSA) is 375 Å². The fourth-order valence-corrected chi connectivity index (χ4v) is 3.37. The van der Waals surface area contributed by atoms with Gasteiger partial charge in [0.1, 0.15) is 0 Å². The molecule has 2 amide bonds. The molecule has 1 rings (SSSR count). The van der Waals surface area contributed by atoms with Gasteiger partial charge < -0.3 is 88.1 Å². The summed E-state index contributed by atoms with van der Waals surface area (Å²) in [6.45, 7) is -4.95. The summed E-state index contributed by atoms with van der Waals surface area (Å²) in [6.07, 6.45) is -10.8. The van der Waals surface area contributed by atoms with Crippen molar-refractivity contribution in [1.82, 2.24) is 10.6 Å². The molecule has 284 valence electrons. The van der Waals surface area contributed by atoms with Gasteiger partial charge in [0.25, 0.3) is 11.8 Å². The van der Waals surface area contributed by atoms with E-state index in [4.69, 9.17) is 33.5 Å². The maximum Gasteiger partial charge on any atom is 1.00 e. The van der Waals surface area contributed by atoms with E-state index in [-0.39, 0.29) is 113 Å². The molecule has 0 aromatic heterocycles. The Kier molecular flexibility index (Phi) is 41.0. The van der Waals surface area contributed by atoms with E-state index in [9.17, 15) is 69.0 Å². The van der Waals surface area contributed by atoms with Gasteiger partial charge in [0.2, 0.25) is 0 Å². The van der Waals surface area contributed by atoms with Gasteiger partial charge in [-0.05, 0) is 6.07 Å². The zero-order valence-corrected chi connectivity index (χ0v) is 32.3. The molecule has 29 heteroatoms. The number of benzene rings is 1. The van der Waals surface area contributed by atoms with Crippen molar-refractivity contribution in [2.75, 3.05) is 39.6 Å². The van der Waals surface area contributed by atoms with Crippen molar-refractivity contribution in [3.8, 4) is 5.75 Å². The van der Waals surface area contributed by atoms with Crippen molar-refractivity contribution in [3.63, 3.8) is 0 Å². The fourth-order valence-electron chi connectivity index (χ4n) is 3.37. The second-order valence-corrected chi connectivity index (χ2v) is 9.61. The van der Waals surface area contributed by atoms with Crippen LogP contribution in [0.4, 0.5) is 0 Å². The summed E-state index contributed by atoms with van der Waals surface area (Å²) in [7, 11) is 0. The Morgan fingerprint density at radius 2 is 0.684 bits per heavy atom. The van der Waals surface area contributed by atoms with Crippen LogP contribution in [-0.4, -0.2) is 105 Å². The number of amides is 2. The van der Waals surface area contributed by atoms with Crippen molar-refractivity contribution in [1.29, 1.82) is 0 Å². The molecule has 0 bridgehead atoms. The molecule has 0 aliphatic carbocycles. The zero-order valence-electron chi connectivity index (χ0n) is 32.3. The van der Waals surface area contributed by atoms with Gasteiger partial charge in [0, 0.05) is 73.1 Å². The summed E-state index contributed by atoms with van der Waals surface area (Å²) in [4.78, 5) is 92.3. The van der Waals surface area contributed by atoms with Gasteiger partial charge in [-0.25, -0.2) is 0 Å². The molecule has 0 aliphatic heterocycles. The minimum absolute atomic E-state index is 0. The Morgan fingerprint density at radius 1 is 0.456 bits per heavy atom. The largest absolute Gasteiger partial charge is 1.00 e. The van der Waals surface area contributed by atoms with Crippen LogP contribution in [0.3, 0.4) is 0 Å². The molecule has 0 fully saturated rings. The molecule has 0 radical (unpaired) electrons. The van der Waals surface area contributed by atoms with Crippen LogP contribution >= 0.6 is 0 Å². The van der Waals surface area contributed by atoms with E-state index in [0.717, 1.165) is 6.07 Å². The number of rotatable bonds is 28. The number of ether oxygens (including phenoxy) is 6. The minimum atomic E-state index is -2.91. The first-order chi connectivity index (χ1) is 23.9. The standard InChI is InChI=1S/C28H36N2O21.6Li/c31-18-14-16(25(44)29-27(46-7-1-19(32)33,47-8-2-20(34)35)48-9-3-21(36)37)13-17(15-18)26(45)30-28(49-10-4-22(38)39,50-11-5-23(40)41)51-12-6-24(42)43;;;;;;/h13-15,31H,1-12H2,(H,29,44)(H,30,45)(H,32,33)(H,34,35)(H,36,37)(H,38,39)(H,40,41)(H,42,43);;;;;;/q;6*+1/p-6. The number of carboxylic acid groups (broad SMARTS) is 6. The predicted octanol–water partition coefficient (Wildman–Crippen LogP) is -26.3. The first kappa shape index (κ1) is 66.9. The second-order valence-electron chi connectivity index (χ2n) is 9.61. The molecule has 1 aromatic carbocycles. The Morgan fingerprint density at radius 3 is 0.895 bits per heavy atom. The zero-order chi connectivity index (χ0) is 38.6. The van der Waals surface area contributed by atoms with Crippen LogP contribution in [0.1, 0.15) is 59.2 Å². The maximum absolute atomic E-state index is 13.3. The summed E-state index contributed by atoms with van der Waals surface area (Å²) in [5.41, 5.74) is -1.38. The van der Waals surface area contributed by atoms with Crippen molar-refractivity contribution < 1.29 is 216 Å². The molecule has 0 saturated heterocycles. The molecule has 0 heterocycles. The minimum Gasteiger partial charge on any atom is -0.872 e. The summed E-state index contributed by atoms with van der Waals surface area (Å²) >= 11 is 0. The number of carbonyl (C=O) groups is 8. The van der Waals surface area contributed by atoms with Crippen LogP contribution < -0.4 is 154 Å². The van der Waals surface area contributed by atoms with E-state index in [1.54, 1.807) is 0 Å². The fraction of sp³-hybridized carbons (Fsp3) is 0.500. The van der Waals surface area contributed by atoms with Gasteiger partial charge in [-0.3, -0.25) is 25.0 Å². The maximum atomic E-state index is 13.3. The van der Waals surface area contributed by atoms with Gasteiger partial charge in [-0.1, -0.05) is 12.1 Å². The normalized spacial score (nSPS) is 10.2. The van der Waals surface area contributed by atoms with Gasteiger partial charge in [-0.2, -0.15) is 0 Å². The molecule has 3 N–H and O–H groups in total. The molecule has 0 unspecified atom stereocenters. The van der Waals surface area contributed by atoms with Crippen molar-refractivity contribution in [2.24, 2.45) is 0 Å². The number of hydrogen-bond donors (Lipinski definition) is 3. The number of carboxylic acids is 6. The molecule has 0 aliphatic rings. The number of hydrogen-bond acceptors (Lipinski definition) is 20. The molecule has 0 spiro atoms. The molecule has 0 saturated carbocycles. The monoisotopic (exact) mass is 772 g/mol. The summed E-state index contributed by atoms with van der Waals surface area (Å²) in [5.74, 6) is -13.5. The van der Waals surface area contributed by atoms with Crippen LogP contribution in [0.5, 0.6) is 5.75 Å². The van der Waals surface area contributed by atoms with E-state index in [0.29, 0.717) is 12.1 Å². The number of carbonyl (C=O) groups excluding carboxylic acids is 7. The van der Waals surface area contributed by atoms with E-state index in [1.807, 2.05) is 10.6 Å². The molecule has 23 nitrogen and oxygen atoms in total. The predicted molar refractivity (Wildman–Crippen MR) is 142 cm³/mol. The Labute approximate surface area is 396 Å². The number of nitrogens with one attached hydrogen (secondary N) is 2. The Hall–Kier alpha value is -1.88. The molecular formula is C28H30Li6N2O21. The first-order valence-electron chi connectivity index (χ1n) is 14.4. The van der Waals surface area contributed by atoms with E-state index in [1.165, 1.54) is 0 Å². The molecule has 57 heavy (non-hydrogen) atoms. The quantitative estimate of drug-likeness (QED) is 0.0526. The third-order valence-electron chi connectivity index (χ3n) is 5.56. The van der Waals surface area contributed by atoms with Crippen LogP contribution in [0.2, 0.25) is 0 Å². The summed E-state index contributed by atoms with van der Waals surface area (Å²) in [5, 5.41) is 80.1. The van der Waals surface area contributed by atoms with Gasteiger partial charge in [0.15, 0.2) is 0 Å². The van der Waals surface area contributed by atoms with Crippen LogP contribution in [0.25, 0.3) is 0 Å². The van der Waals surface area contributed by atoms with Crippen molar-refractivity contribution in [2.45, 2.75) is 50.7 Å². The molecule has 1 aromatic rings. The second kappa shape index (κ2) is 34.9. The van der Waals surface area contributed by atoms with Gasteiger partial charge in [0.05, 0.1) is 46.1 Å². The third-order valence-corrected chi connectivity index (χ3v) is 5.56. The van der Waals surface area contributed by atoms with Gasteiger partial charge in [-0.15, -0.1) is 5.75 Å². The van der Waals surface area contributed by atoms with Crippen LogP contribution in [-0.2, 0) is 57.2 Å². The van der Waals surface area contributed by atoms with E-state index >= 15 is 0 Å². The molecular weight excluding hydrogens is 742 g/mol. The van der Waals surface area contributed by atoms with Crippen LogP contribution in [0, 0.1) is 0 Å². The first-order valence-corrected chi connectivity index (χ1v) is 14.4. The summed E-state index contributed by atoms with van der Waals surface area (Å²) in [6, 6.07) is 2.02. The average molecular weight is 772 g/mol. The van der Waals surface area contributed by atoms with Crippen LogP contribution in [0.15, 0.2) is 18.2 Å². The summed E-state index contributed by atoms with van der Waals surface area (Å²) < 4.78 is 31.1. The third kappa shape index (κ3) is 29.9. The van der Waals surface area contributed by atoms with Crippen molar-refractivity contribution in [3.05, 3.63) is 29.3 Å². The van der Waals surface area contributed by atoms with E-state index in [2.05, 4.69) is 0 Å². The van der Waals surface area contributed by atoms with Gasteiger partial charge >= 0.3 is 131 Å². The smallest absolute Gasteiger partial charge is 0.872 e.